The third-order valence-electron chi connectivity index (χ3n) is 4.23. The molecule has 28 heavy (non-hydrogen) atoms. The number of aliphatic carboxylic acids is 1. The molecule has 1 unspecified atom stereocenters. The predicted octanol–water partition coefficient (Wildman–Crippen LogP) is 2.65. The first kappa shape index (κ1) is 23.2. The number of halogens is 2. The van der Waals surface area contributed by atoms with Gasteiger partial charge < -0.3 is 25.8 Å². The zero-order chi connectivity index (χ0) is 20.1. The Bertz CT molecular complexity index is 830. The molecule has 7 nitrogen and oxygen atoms in total. The van der Waals surface area contributed by atoms with Crippen LogP contribution in [0, 0.1) is 11.7 Å². The molecule has 2 aromatic carbocycles. The molecular weight excluding hydrogens is 393 g/mol. The number of rotatable bonds is 7. The van der Waals surface area contributed by atoms with Crippen LogP contribution in [0.1, 0.15) is 28.8 Å². The van der Waals surface area contributed by atoms with E-state index in [-0.39, 0.29) is 30.3 Å². The molecule has 5 N–H and O–H groups in total. The highest BCUT2D eigenvalue weighted by Crippen LogP contribution is 2.34. The summed E-state index contributed by atoms with van der Waals surface area (Å²) in [6.07, 6.45) is 0. The number of nitrogens with two attached hydrogens (primary N) is 1. The maximum Gasteiger partial charge on any atom is 0.338 e. The van der Waals surface area contributed by atoms with Crippen LogP contribution in [0.25, 0.3) is 0 Å². The van der Waals surface area contributed by atoms with Gasteiger partial charge in [-0.1, -0.05) is 13.0 Å². The molecule has 0 heterocycles. The van der Waals surface area contributed by atoms with Crippen LogP contribution in [0.4, 0.5) is 4.39 Å². The number of carbonyl (C=O) groups is 2. The summed E-state index contributed by atoms with van der Waals surface area (Å²) < 4.78 is 18.1. The summed E-state index contributed by atoms with van der Waals surface area (Å²) in [7, 11) is 0. The minimum Gasteiger partial charge on any atom is -0.504 e. The first-order valence-electron chi connectivity index (χ1n) is 8.13. The summed E-state index contributed by atoms with van der Waals surface area (Å²) in [5.41, 5.74) is 6.33. The standard InChI is InChI=1S/C19H20FNO6.ClH/c1-10(9-27-19(26)11-2-5-13(20)6-3-11)16(17(21)18(24)25)12-4-7-14(22)15(23)8-12;/h2-8,10,16-17,22-23H,9,21H2,1H3,(H,24,25);1H/t10-,16?,17+;/m1./s1. The van der Waals surface area contributed by atoms with Gasteiger partial charge in [-0.3, -0.25) is 4.79 Å². The van der Waals surface area contributed by atoms with Crippen molar-refractivity contribution >= 4 is 24.3 Å². The number of phenols is 2. The molecule has 9 heteroatoms. The van der Waals surface area contributed by atoms with Gasteiger partial charge in [-0.2, -0.15) is 0 Å². The van der Waals surface area contributed by atoms with E-state index in [1.165, 1.54) is 30.3 Å². The van der Waals surface area contributed by atoms with Crippen molar-refractivity contribution in [3.05, 3.63) is 59.4 Å². The highest BCUT2D eigenvalue weighted by atomic mass is 35.5. The van der Waals surface area contributed by atoms with E-state index in [4.69, 9.17) is 10.5 Å². The van der Waals surface area contributed by atoms with Gasteiger partial charge in [0.15, 0.2) is 11.5 Å². The average molecular weight is 414 g/mol. The molecule has 0 saturated carbocycles. The Morgan fingerprint density at radius 3 is 2.25 bits per heavy atom. The number of phenolic OH excluding ortho intramolecular Hbond substituents is 2. The van der Waals surface area contributed by atoms with E-state index in [1.54, 1.807) is 6.92 Å². The van der Waals surface area contributed by atoms with Crippen molar-refractivity contribution in [1.82, 2.24) is 0 Å². The number of carboxylic acids is 1. The second-order valence-corrected chi connectivity index (χ2v) is 6.22. The van der Waals surface area contributed by atoms with E-state index in [0.717, 1.165) is 12.1 Å². The maximum absolute atomic E-state index is 12.9. The van der Waals surface area contributed by atoms with Crippen molar-refractivity contribution in [2.75, 3.05) is 6.61 Å². The highest BCUT2D eigenvalue weighted by molar-refractivity contribution is 5.89. The van der Waals surface area contributed by atoms with Crippen LogP contribution in [0.3, 0.4) is 0 Å². The Balaban J connectivity index is 0.00000392. The molecule has 0 aliphatic rings. The Kier molecular flexibility index (Phi) is 8.21. The number of benzene rings is 2. The Hall–Kier alpha value is -2.84. The first-order valence-corrected chi connectivity index (χ1v) is 8.13. The lowest BCUT2D eigenvalue weighted by Crippen LogP contribution is -2.40. The third-order valence-corrected chi connectivity index (χ3v) is 4.23. The number of carboxylic acid groups (broad SMARTS) is 1. The molecule has 0 aliphatic carbocycles. The minimum absolute atomic E-state index is 0. The lowest BCUT2D eigenvalue weighted by molar-refractivity contribution is -0.139. The number of hydrogen-bond acceptors (Lipinski definition) is 6. The number of aromatic hydroxyl groups is 2. The van der Waals surface area contributed by atoms with E-state index in [2.05, 4.69) is 0 Å². The fourth-order valence-corrected chi connectivity index (χ4v) is 2.77. The quantitative estimate of drug-likeness (QED) is 0.405. The fraction of sp³-hybridized carbons (Fsp3) is 0.263. The van der Waals surface area contributed by atoms with E-state index in [9.17, 15) is 29.3 Å². The van der Waals surface area contributed by atoms with Gasteiger partial charge in [0.25, 0.3) is 0 Å². The number of carbonyl (C=O) groups excluding carboxylic acids is 1. The molecule has 0 saturated heterocycles. The minimum atomic E-state index is -1.33. The Labute approximate surface area is 167 Å². The van der Waals surface area contributed by atoms with Crippen LogP contribution in [-0.2, 0) is 9.53 Å². The first-order chi connectivity index (χ1) is 12.7. The largest absolute Gasteiger partial charge is 0.504 e. The molecule has 2 aromatic rings. The molecular formula is C19H21ClFNO6. The molecule has 0 aliphatic heterocycles. The fourth-order valence-electron chi connectivity index (χ4n) is 2.77. The lowest BCUT2D eigenvalue weighted by Gasteiger charge is -2.27. The van der Waals surface area contributed by atoms with E-state index < -0.39 is 41.4 Å². The van der Waals surface area contributed by atoms with Gasteiger partial charge in [0.2, 0.25) is 0 Å². The maximum atomic E-state index is 12.9. The SMILES string of the molecule is C[C@H](COC(=O)c1ccc(F)cc1)C(c1ccc(O)c(O)c1)[C@H](N)C(=O)O.Cl. The molecule has 0 fully saturated rings. The summed E-state index contributed by atoms with van der Waals surface area (Å²) in [6.45, 7) is 1.50. The molecule has 0 amide bonds. The molecule has 0 aromatic heterocycles. The normalized spacial score (nSPS) is 13.7. The smallest absolute Gasteiger partial charge is 0.338 e. The van der Waals surface area contributed by atoms with Crippen molar-refractivity contribution in [2.45, 2.75) is 18.9 Å². The highest BCUT2D eigenvalue weighted by Gasteiger charge is 2.32. The summed E-state index contributed by atoms with van der Waals surface area (Å²) >= 11 is 0. The molecule has 3 atom stereocenters. The zero-order valence-corrected chi connectivity index (χ0v) is 15.7. The van der Waals surface area contributed by atoms with E-state index in [1.807, 2.05) is 0 Å². The van der Waals surface area contributed by atoms with Gasteiger partial charge in [0.1, 0.15) is 11.9 Å². The number of esters is 1. The van der Waals surface area contributed by atoms with E-state index >= 15 is 0 Å². The topological polar surface area (TPSA) is 130 Å². The monoisotopic (exact) mass is 413 g/mol. The summed E-state index contributed by atoms with van der Waals surface area (Å²) in [5.74, 6) is -4.51. The zero-order valence-electron chi connectivity index (χ0n) is 14.9. The molecule has 2 rings (SSSR count). The summed E-state index contributed by atoms with van der Waals surface area (Å²) in [4.78, 5) is 23.4. The van der Waals surface area contributed by atoms with Crippen LogP contribution in [0.2, 0.25) is 0 Å². The van der Waals surface area contributed by atoms with Gasteiger partial charge in [-0.15, -0.1) is 12.4 Å². The van der Waals surface area contributed by atoms with Gasteiger partial charge >= 0.3 is 11.9 Å². The molecule has 152 valence electrons. The van der Waals surface area contributed by atoms with Crippen LogP contribution in [-0.4, -0.2) is 39.9 Å². The number of hydrogen-bond donors (Lipinski definition) is 4. The van der Waals surface area contributed by atoms with Crippen molar-refractivity contribution in [2.24, 2.45) is 11.7 Å². The second kappa shape index (κ2) is 9.91. The van der Waals surface area contributed by atoms with Crippen LogP contribution in [0.5, 0.6) is 11.5 Å². The van der Waals surface area contributed by atoms with Gasteiger partial charge in [-0.25, -0.2) is 9.18 Å². The molecule has 0 bridgehead atoms. The second-order valence-electron chi connectivity index (χ2n) is 6.22. The summed E-state index contributed by atoms with van der Waals surface area (Å²) in [5, 5.41) is 28.4. The van der Waals surface area contributed by atoms with Gasteiger partial charge in [0, 0.05) is 5.92 Å². The summed E-state index contributed by atoms with van der Waals surface area (Å²) in [6, 6.07) is 7.38. The Morgan fingerprint density at radius 2 is 1.71 bits per heavy atom. The lowest BCUT2D eigenvalue weighted by atomic mass is 9.82. The van der Waals surface area contributed by atoms with Crippen LogP contribution >= 0.6 is 12.4 Å². The van der Waals surface area contributed by atoms with Crippen molar-refractivity contribution in [3.63, 3.8) is 0 Å². The predicted molar refractivity (Wildman–Crippen MR) is 101 cm³/mol. The molecule has 0 spiro atoms. The molecule has 0 radical (unpaired) electrons. The van der Waals surface area contributed by atoms with Gasteiger partial charge in [-0.05, 0) is 47.9 Å². The van der Waals surface area contributed by atoms with Crippen LogP contribution < -0.4 is 5.73 Å². The van der Waals surface area contributed by atoms with Crippen molar-refractivity contribution in [1.29, 1.82) is 0 Å². The van der Waals surface area contributed by atoms with Crippen molar-refractivity contribution < 1.29 is 34.0 Å². The number of ether oxygens (including phenoxy) is 1. The third kappa shape index (κ3) is 5.58. The van der Waals surface area contributed by atoms with E-state index in [0.29, 0.717) is 5.56 Å². The average Bonchev–Trinajstić information content (AvgIpc) is 2.63. The van der Waals surface area contributed by atoms with Crippen LogP contribution in [0.15, 0.2) is 42.5 Å². The van der Waals surface area contributed by atoms with Crippen molar-refractivity contribution in [3.8, 4) is 11.5 Å². The Morgan fingerprint density at radius 1 is 1.11 bits per heavy atom. The van der Waals surface area contributed by atoms with Gasteiger partial charge in [0.05, 0.1) is 12.2 Å².